The van der Waals surface area contributed by atoms with Crippen molar-refractivity contribution in [1.82, 2.24) is 25.9 Å². The van der Waals surface area contributed by atoms with Crippen LogP contribution in [0.3, 0.4) is 0 Å². The van der Waals surface area contributed by atoms with Crippen LogP contribution in [0.4, 0.5) is 15.9 Å². The predicted molar refractivity (Wildman–Crippen MR) is 132 cm³/mol. The molecule has 2 unspecified atom stereocenters. The Kier molecular flexibility index (Phi) is 6.78. The molecule has 2 aliphatic rings. The summed E-state index contributed by atoms with van der Waals surface area (Å²) in [6.07, 6.45) is 4.49. The van der Waals surface area contributed by atoms with Crippen LogP contribution in [0.1, 0.15) is 40.9 Å². The highest BCUT2D eigenvalue weighted by molar-refractivity contribution is 7.20. The van der Waals surface area contributed by atoms with Gasteiger partial charge in [0.05, 0.1) is 16.0 Å². The molecular formula is C24H27FN6O3S. The average Bonchev–Trinajstić information content (AvgIpc) is 3.43. The van der Waals surface area contributed by atoms with Crippen molar-refractivity contribution in [2.75, 3.05) is 25.0 Å². The first-order valence-corrected chi connectivity index (χ1v) is 12.5. The van der Waals surface area contributed by atoms with Crippen LogP contribution in [-0.4, -0.2) is 53.6 Å². The predicted octanol–water partition coefficient (Wildman–Crippen LogP) is 3.02. The highest BCUT2D eigenvalue weighted by Crippen LogP contribution is 2.37. The van der Waals surface area contributed by atoms with E-state index in [1.54, 1.807) is 6.07 Å². The summed E-state index contributed by atoms with van der Waals surface area (Å²) in [6, 6.07) is 4.32. The maximum absolute atomic E-state index is 14.0. The molecule has 3 aromatic rings. The molecule has 2 atom stereocenters. The Morgan fingerprint density at radius 2 is 2.20 bits per heavy atom. The fourth-order valence-electron chi connectivity index (χ4n) is 4.43. The van der Waals surface area contributed by atoms with E-state index in [4.69, 9.17) is 4.74 Å². The third kappa shape index (κ3) is 5.20. The molecule has 4 heterocycles. The second-order valence-corrected chi connectivity index (χ2v) is 9.82. The van der Waals surface area contributed by atoms with Crippen LogP contribution < -0.4 is 26.0 Å². The molecule has 9 nitrogen and oxygen atoms in total. The molecule has 0 bridgehead atoms. The third-order valence-corrected chi connectivity index (χ3v) is 7.47. The molecular weight excluding hydrogens is 471 g/mol. The van der Waals surface area contributed by atoms with Gasteiger partial charge in [-0.3, -0.25) is 9.59 Å². The van der Waals surface area contributed by atoms with Gasteiger partial charge in [0.15, 0.2) is 0 Å². The minimum Gasteiger partial charge on any atom is -0.487 e. The van der Waals surface area contributed by atoms with Crippen molar-refractivity contribution in [3.63, 3.8) is 0 Å². The minimum atomic E-state index is -0.383. The number of aromatic nitrogens is 2. The van der Waals surface area contributed by atoms with Gasteiger partial charge in [-0.25, -0.2) is 14.4 Å². The molecule has 35 heavy (non-hydrogen) atoms. The number of carbonyl (C=O) groups excluding carboxylic acids is 2. The molecule has 2 aromatic heterocycles. The van der Waals surface area contributed by atoms with Crippen molar-refractivity contribution in [3.05, 3.63) is 40.8 Å². The van der Waals surface area contributed by atoms with Gasteiger partial charge in [-0.1, -0.05) is 0 Å². The van der Waals surface area contributed by atoms with Crippen LogP contribution >= 0.6 is 11.3 Å². The maximum Gasteiger partial charge on any atom is 0.261 e. The molecule has 4 N–H and O–H groups in total. The summed E-state index contributed by atoms with van der Waals surface area (Å²) in [7, 11) is 0. The molecule has 0 saturated carbocycles. The smallest absolute Gasteiger partial charge is 0.261 e. The lowest BCUT2D eigenvalue weighted by Crippen LogP contribution is -2.38. The number of amides is 2. The molecule has 0 spiro atoms. The van der Waals surface area contributed by atoms with E-state index >= 15 is 0 Å². The number of carbonyl (C=O) groups is 2. The molecule has 0 aliphatic carbocycles. The van der Waals surface area contributed by atoms with Crippen LogP contribution in [0.25, 0.3) is 10.2 Å². The monoisotopic (exact) mass is 498 g/mol. The quantitative estimate of drug-likeness (QED) is 0.396. The summed E-state index contributed by atoms with van der Waals surface area (Å²) in [5.74, 6) is 0.343. The van der Waals surface area contributed by atoms with E-state index < -0.39 is 0 Å². The Balaban J connectivity index is 1.38. The molecule has 2 amide bonds. The van der Waals surface area contributed by atoms with Crippen LogP contribution in [0, 0.1) is 12.7 Å². The number of thiophene rings is 1. The molecule has 184 valence electrons. The third-order valence-electron chi connectivity index (χ3n) is 6.27. The van der Waals surface area contributed by atoms with Crippen LogP contribution in [0.2, 0.25) is 0 Å². The summed E-state index contributed by atoms with van der Waals surface area (Å²) in [5.41, 5.74) is 1.34. The van der Waals surface area contributed by atoms with E-state index in [0.717, 1.165) is 30.3 Å². The number of hydrogen-bond donors (Lipinski definition) is 4. The number of hydrogen-bond acceptors (Lipinski definition) is 8. The number of ether oxygens (including phenoxy) is 1. The van der Waals surface area contributed by atoms with Gasteiger partial charge < -0.3 is 26.0 Å². The molecule has 2 saturated heterocycles. The molecule has 5 rings (SSSR count). The summed E-state index contributed by atoms with van der Waals surface area (Å²) in [5, 5.41) is 13.1. The zero-order valence-electron chi connectivity index (χ0n) is 19.3. The van der Waals surface area contributed by atoms with Gasteiger partial charge >= 0.3 is 0 Å². The number of nitrogens with one attached hydrogen (secondary N) is 4. The van der Waals surface area contributed by atoms with Gasteiger partial charge in [0.2, 0.25) is 5.91 Å². The minimum absolute atomic E-state index is 0.0113. The van der Waals surface area contributed by atoms with Gasteiger partial charge in [0.25, 0.3) is 5.91 Å². The van der Waals surface area contributed by atoms with E-state index in [1.807, 2.05) is 6.92 Å². The fraction of sp³-hybridized carbons (Fsp3) is 0.417. The maximum atomic E-state index is 14.0. The SMILES string of the molecule is Cc1c(C(=O)NCC2CCC(=O)N2)sc2ncnc(Nc3ccc(F)cc3OC3CCCNC3)c12. The Morgan fingerprint density at radius 1 is 1.31 bits per heavy atom. The normalized spacial score (nSPS) is 20.0. The molecule has 0 radical (unpaired) electrons. The molecule has 1 aromatic carbocycles. The topological polar surface area (TPSA) is 117 Å². The van der Waals surface area contributed by atoms with Gasteiger partial charge in [0.1, 0.15) is 34.6 Å². The lowest BCUT2D eigenvalue weighted by atomic mass is 10.1. The number of nitrogens with zero attached hydrogens (tertiary/aromatic N) is 2. The van der Waals surface area contributed by atoms with E-state index in [1.165, 1.54) is 29.8 Å². The van der Waals surface area contributed by atoms with Gasteiger partial charge in [-0.15, -0.1) is 11.3 Å². The van der Waals surface area contributed by atoms with E-state index in [2.05, 4.69) is 31.2 Å². The Bertz CT molecular complexity index is 1260. The van der Waals surface area contributed by atoms with Crippen molar-refractivity contribution in [3.8, 4) is 5.75 Å². The number of halogens is 1. The first-order valence-electron chi connectivity index (χ1n) is 11.7. The standard InChI is InChI=1S/C24H27FN6O3S/c1-13-20-22(31-17-6-4-14(25)9-18(17)34-16-3-2-8-26-11-16)28-12-29-24(20)35-21(13)23(33)27-10-15-5-7-19(32)30-15/h4,6,9,12,15-16,26H,2-3,5,7-8,10-11H2,1H3,(H,27,33)(H,30,32)(H,28,29,31). The van der Waals surface area contributed by atoms with Crippen molar-refractivity contribution in [2.45, 2.75) is 44.8 Å². The number of fused-ring (bicyclic) bond motifs is 1. The first-order chi connectivity index (χ1) is 17.0. The average molecular weight is 499 g/mol. The molecule has 2 fully saturated rings. The number of anilines is 2. The van der Waals surface area contributed by atoms with Crippen molar-refractivity contribution < 1.29 is 18.7 Å². The summed E-state index contributed by atoms with van der Waals surface area (Å²) in [4.78, 5) is 34.3. The van der Waals surface area contributed by atoms with Crippen LogP contribution in [-0.2, 0) is 4.79 Å². The largest absolute Gasteiger partial charge is 0.487 e. The highest BCUT2D eigenvalue weighted by Gasteiger charge is 2.24. The number of benzene rings is 1. The van der Waals surface area contributed by atoms with E-state index in [9.17, 15) is 14.0 Å². The van der Waals surface area contributed by atoms with Crippen molar-refractivity contribution in [2.24, 2.45) is 0 Å². The van der Waals surface area contributed by atoms with Gasteiger partial charge in [0, 0.05) is 31.6 Å². The van der Waals surface area contributed by atoms with Gasteiger partial charge in [-0.2, -0.15) is 0 Å². The Hall–Kier alpha value is -3.31. The Labute approximate surface area is 205 Å². The molecule has 2 aliphatic heterocycles. The Morgan fingerprint density at radius 3 is 2.97 bits per heavy atom. The fourth-order valence-corrected chi connectivity index (χ4v) is 5.50. The van der Waals surface area contributed by atoms with E-state index in [0.29, 0.717) is 52.9 Å². The lowest BCUT2D eigenvalue weighted by Gasteiger charge is -2.25. The van der Waals surface area contributed by atoms with Crippen molar-refractivity contribution >= 4 is 44.9 Å². The highest BCUT2D eigenvalue weighted by atomic mass is 32.1. The number of piperidine rings is 1. The lowest BCUT2D eigenvalue weighted by molar-refractivity contribution is -0.119. The number of rotatable bonds is 7. The summed E-state index contributed by atoms with van der Waals surface area (Å²) < 4.78 is 20.2. The second kappa shape index (κ2) is 10.1. The zero-order valence-corrected chi connectivity index (χ0v) is 20.1. The summed E-state index contributed by atoms with van der Waals surface area (Å²) in [6.45, 7) is 3.90. The van der Waals surface area contributed by atoms with Crippen LogP contribution in [0.15, 0.2) is 24.5 Å². The van der Waals surface area contributed by atoms with Crippen LogP contribution in [0.5, 0.6) is 5.75 Å². The van der Waals surface area contributed by atoms with Crippen molar-refractivity contribution in [1.29, 1.82) is 0 Å². The van der Waals surface area contributed by atoms with E-state index in [-0.39, 0.29) is 29.8 Å². The van der Waals surface area contributed by atoms with Gasteiger partial charge in [-0.05, 0) is 50.4 Å². The first kappa shape index (κ1) is 23.4. The second-order valence-electron chi connectivity index (χ2n) is 8.82. The number of aryl methyl sites for hydroxylation is 1. The zero-order chi connectivity index (χ0) is 24.4. The summed E-state index contributed by atoms with van der Waals surface area (Å²) >= 11 is 1.28. The molecule has 11 heteroatoms.